The number of carboxylic acid groups (broad SMARTS) is 1. The van der Waals surface area contributed by atoms with Crippen molar-refractivity contribution in [2.75, 3.05) is 37.4 Å². The van der Waals surface area contributed by atoms with Crippen LogP contribution in [0.15, 0.2) is 30.6 Å². The summed E-state index contributed by atoms with van der Waals surface area (Å²) in [5, 5.41) is 12.6. The SMILES string of the molecule is CN(C)c1cc(NC2CCCN(C(=O)O)C2)nc(-c2cnc3ccc(F)cn23)n1. The number of hydrogen-bond acceptors (Lipinski definition) is 6. The molecule has 4 heterocycles. The van der Waals surface area contributed by atoms with E-state index in [1.54, 1.807) is 16.7 Å². The monoisotopic (exact) mass is 399 g/mol. The standard InChI is InChI=1S/C19H22FN7O2/c1-25(2)17-8-15(22-13-4-3-7-26(11-13)19(28)29)23-18(24-17)14-9-21-16-6-5-12(20)10-27(14)16/h5-6,8-10,13H,3-4,7,11H2,1-2H3,(H,28,29)(H,22,23,24). The summed E-state index contributed by atoms with van der Waals surface area (Å²) >= 11 is 0. The van der Waals surface area contributed by atoms with E-state index in [2.05, 4.69) is 20.3 Å². The third-order valence-corrected chi connectivity index (χ3v) is 4.91. The lowest BCUT2D eigenvalue weighted by molar-refractivity contribution is 0.133. The van der Waals surface area contributed by atoms with E-state index >= 15 is 0 Å². The molecular weight excluding hydrogens is 377 g/mol. The van der Waals surface area contributed by atoms with Gasteiger partial charge >= 0.3 is 6.09 Å². The van der Waals surface area contributed by atoms with E-state index in [1.165, 1.54) is 17.2 Å². The number of piperidine rings is 1. The number of pyridine rings is 1. The van der Waals surface area contributed by atoms with Gasteiger partial charge in [0.2, 0.25) is 0 Å². The first-order valence-electron chi connectivity index (χ1n) is 9.34. The van der Waals surface area contributed by atoms with E-state index in [-0.39, 0.29) is 11.9 Å². The Morgan fingerprint density at radius 3 is 2.93 bits per heavy atom. The fourth-order valence-corrected chi connectivity index (χ4v) is 3.45. The van der Waals surface area contributed by atoms with Gasteiger partial charge in [0.15, 0.2) is 5.82 Å². The maximum absolute atomic E-state index is 13.7. The van der Waals surface area contributed by atoms with Crippen molar-refractivity contribution in [3.05, 3.63) is 36.4 Å². The number of fused-ring (bicyclic) bond motifs is 1. The molecule has 4 rings (SSSR count). The van der Waals surface area contributed by atoms with E-state index in [0.29, 0.717) is 41.9 Å². The van der Waals surface area contributed by atoms with Gasteiger partial charge in [0.25, 0.3) is 0 Å². The molecule has 1 saturated heterocycles. The highest BCUT2D eigenvalue weighted by Gasteiger charge is 2.24. The van der Waals surface area contributed by atoms with Crippen molar-refractivity contribution in [1.82, 2.24) is 24.3 Å². The van der Waals surface area contributed by atoms with Gasteiger partial charge < -0.3 is 20.2 Å². The van der Waals surface area contributed by atoms with Crippen LogP contribution in [0.3, 0.4) is 0 Å². The van der Waals surface area contributed by atoms with Gasteiger partial charge in [-0.1, -0.05) is 0 Å². The number of anilines is 2. The van der Waals surface area contributed by atoms with E-state index in [4.69, 9.17) is 0 Å². The van der Waals surface area contributed by atoms with Crippen molar-refractivity contribution in [3.8, 4) is 11.5 Å². The van der Waals surface area contributed by atoms with Gasteiger partial charge in [-0.05, 0) is 25.0 Å². The third-order valence-electron chi connectivity index (χ3n) is 4.91. The Bertz CT molecular complexity index is 1050. The number of hydrogen-bond donors (Lipinski definition) is 2. The molecule has 3 aromatic heterocycles. The van der Waals surface area contributed by atoms with Gasteiger partial charge in [0.1, 0.15) is 28.8 Å². The summed E-state index contributed by atoms with van der Waals surface area (Å²) in [5.74, 6) is 1.29. The highest BCUT2D eigenvalue weighted by atomic mass is 19.1. The Hall–Kier alpha value is -3.43. The first-order valence-corrected chi connectivity index (χ1v) is 9.34. The van der Waals surface area contributed by atoms with Crippen LogP contribution in [0.2, 0.25) is 0 Å². The van der Waals surface area contributed by atoms with Crippen LogP contribution in [0.5, 0.6) is 0 Å². The number of aromatic nitrogens is 4. The van der Waals surface area contributed by atoms with Crippen LogP contribution in [-0.4, -0.2) is 68.7 Å². The molecular formula is C19H22FN7O2. The van der Waals surface area contributed by atoms with Gasteiger partial charge in [0.05, 0.1) is 6.20 Å². The van der Waals surface area contributed by atoms with Crippen LogP contribution < -0.4 is 10.2 Å². The lowest BCUT2D eigenvalue weighted by Gasteiger charge is -2.31. The number of nitrogens with zero attached hydrogens (tertiary/aromatic N) is 6. The molecule has 1 amide bonds. The molecule has 10 heteroatoms. The van der Waals surface area contributed by atoms with E-state index in [9.17, 15) is 14.3 Å². The lowest BCUT2D eigenvalue weighted by atomic mass is 10.1. The number of carbonyl (C=O) groups is 1. The summed E-state index contributed by atoms with van der Waals surface area (Å²) in [4.78, 5) is 28.0. The maximum Gasteiger partial charge on any atom is 0.407 e. The zero-order valence-corrected chi connectivity index (χ0v) is 16.2. The second-order valence-corrected chi connectivity index (χ2v) is 7.26. The third kappa shape index (κ3) is 3.91. The highest BCUT2D eigenvalue weighted by molar-refractivity contribution is 5.65. The smallest absolute Gasteiger partial charge is 0.407 e. The van der Waals surface area contributed by atoms with Crippen LogP contribution in [0.1, 0.15) is 12.8 Å². The average molecular weight is 399 g/mol. The molecule has 0 spiro atoms. The largest absolute Gasteiger partial charge is 0.465 e. The van der Waals surface area contributed by atoms with Crippen LogP contribution in [0.25, 0.3) is 17.2 Å². The molecule has 1 aliphatic heterocycles. The number of imidazole rings is 1. The minimum absolute atomic E-state index is 0.0442. The molecule has 3 aromatic rings. The molecule has 9 nitrogen and oxygen atoms in total. The molecule has 1 unspecified atom stereocenters. The molecule has 1 fully saturated rings. The molecule has 152 valence electrons. The molecule has 0 bridgehead atoms. The molecule has 1 atom stereocenters. The predicted molar refractivity (Wildman–Crippen MR) is 107 cm³/mol. The summed E-state index contributed by atoms with van der Waals surface area (Å²) < 4.78 is 15.4. The Labute approximate surface area is 166 Å². The van der Waals surface area contributed by atoms with Crippen molar-refractivity contribution >= 4 is 23.4 Å². The molecule has 0 aromatic carbocycles. The number of amides is 1. The number of likely N-dealkylation sites (tertiary alicyclic amines) is 1. The minimum atomic E-state index is -0.915. The van der Waals surface area contributed by atoms with Gasteiger partial charge in [0, 0.05) is 45.5 Å². The van der Waals surface area contributed by atoms with Crippen LogP contribution >= 0.6 is 0 Å². The van der Waals surface area contributed by atoms with Crippen molar-refractivity contribution in [1.29, 1.82) is 0 Å². The highest BCUT2D eigenvalue weighted by Crippen LogP contribution is 2.24. The summed E-state index contributed by atoms with van der Waals surface area (Å²) in [5.41, 5.74) is 1.17. The van der Waals surface area contributed by atoms with E-state index < -0.39 is 6.09 Å². The normalized spacial score (nSPS) is 16.8. The molecule has 29 heavy (non-hydrogen) atoms. The second kappa shape index (κ2) is 7.53. The Kier molecular flexibility index (Phi) is 4.91. The van der Waals surface area contributed by atoms with Crippen LogP contribution in [0.4, 0.5) is 20.8 Å². The Morgan fingerprint density at radius 1 is 1.34 bits per heavy atom. The average Bonchev–Trinajstić information content (AvgIpc) is 3.11. The minimum Gasteiger partial charge on any atom is -0.465 e. The summed E-state index contributed by atoms with van der Waals surface area (Å²) in [6.07, 6.45) is 3.68. The number of nitrogens with one attached hydrogen (secondary N) is 1. The zero-order chi connectivity index (χ0) is 20.5. The Balaban J connectivity index is 1.69. The first-order chi connectivity index (χ1) is 13.9. The van der Waals surface area contributed by atoms with Crippen molar-refractivity contribution in [2.24, 2.45) is 0 Å². The Morgan fingerprint density at radius 2 is 2.17 bits per heavy atom. The van der Waals surface area contributed by atoms with Crippen LogP contribution in [0, 0.1) is 5.82 Å². The summed E-state index contributed by atoms with van der Waals surface area (Å²) in [6, 6.07) is 4.72. The second-order valence-electron chi connectivity index (χ2n) is 7.26. The van der Waals surface area contributed by atoms with Crippen molar-refractivity contribution in [3.63, 3.8) is 0 Å². The fourth-order valence-electron chi connectivity index (χ4n) is 3.45. The van der Waals surface area contributed by atoms with E-state index in [0.717, 1.165) is 12.8 Å². The number of rotatable bonds is 4. The summed E-state index contributed by atoms with van der Waals surface area (Å²) in [7, 11) is 3.74. The van der Waals surface area contributed by atoms with Crippen molar-refractivity contribution in [2.45, 2.75) is 18.9 Å². The molecule has 0 radical (unpaired) electrons. The van der Waals surface area contributed by atoms with Gasteiger partial charge in [-0.15, -0.1) is 0 Å². The maximum atomic E-state index is 13.7. The zero-order valence-electron chi connectivity index (χ0n) is 16.2. The predicted octanol–water partition coefficient (Wildman–Crippen LogP) is 2.55. The van der Waals surface area contributed by atoms with Crippen LogP contribution in [-0.2, 0) is 0 Å². The molecule has 0 saturated carbocycles. The van der Waals surface area contributed by atoms with Crippen molar-refractivity contribution < 1.29 is 14.3 Å². The fraction of sp³-hybridized carbons (Fsp3) is 0.368. The molecule has 2 N–H and O–H groups in total. The lowest BCUT2D eigenvalue weighted by Crippen LogP contribution is -2.44. The first kappa shape index (κ1) is 18.9. The van der Waals surface area contributed by atoms with Gasteiger partial charge in [-0.3, -0.25) is 4.40 Å². The number of halogens is 1. The van der Waals surface area contributed by atoms with Gasteiger partial charge in [-0.25, -0.2) is 24.1 Å². The molecule has 0 aliphatic carbocycles. The quantitative estimate of drug-likeness (QED) is 0.696. The molecule has 1 aliphatic rings. The van der Waals surface area contributed by atoms with Gasteiger partial charge in [-0.2, -0.15) is 0 Å². The van der Waals surface area contributed by atoms with E-state index in [1.807, 2.05) is 25.1 Å². The topological polar surface area (TPSA) is 98.9 Å². The summed E-state index contributed by atoms with van der Waals surface area (Å²) in [6.45, 7) is 0.936.